The number of nitrogens with zero attached hydrogens (tertiary/aromatic N) is 1. The van der Waals surface area contributed by atoms with Crippen LogP contribution in [0.1, 0.15) is 23.2 Å². The highest BCUT2D eigenvalue weighted by Crippen LogP contribution is 2.27. The second-order valence-corrected chi connectivity index (χ2v) is 9.06. The molecule has 1 aliphatic heterocycles. The standard InChI is InChI=1S/C19H20BrN3O4S/c20-15-6-2-4-8-17(15)28(26,27)22-16-7-3-1-5-14(16)19(25)23-11-9-13(10-12-23)18(21)24/h1-8,13,22H,9-12H2,(H2,21,24). The lowest BCUT2D eigenvalue weighted by Crippen LogP contribution is -2.42. The highest BCUT2D eigenvalue weighted by molar-refractivity contribution is 9.10. The molecule has 0 unspecified atom stereocenters. The summed E-state index contributed by atoms with van der Waals surface area (Å²) in [7, 11) is -3.88. The molecule has 3 rings (SSSR count). The van der Waals surface area contributed by atoms with Crippen LogP contribution in [0, 0.1) is 5.92 Å². The van der Waals surface area contributed by atoms with Crippen LogP contribution < -0.4 is 10.5 Å². The third-order valence-electron chi connectivity index (χ3n) is 4.71. The first kappa shape index (κ1) is 20.3. The van der Waals surface area contributed by atoms with Gasteiger partial charge in [0.15, 0.2) is 0 Å². The van der Waals surface area contributed by atoms with Crippen LogP contribution >= 0.6 is 15.9 Å². The lowest BCUT2D eigenvalue weighted by molar-refractivity contribution is -0.123. The summed E-state index contributed by atoms with van der Waals surface area (Å²) in [6.07, 6.45) is 1.01. The zero-order chi connectivity index (χ0) is 20.3. The van der Waals surface area contributed by atoms with E-state index in [-0.39, 0.29) is 33.9 Å². The van der Waals surface area contributed by atoms with Gasteiger partial charge in [-0.05, 0) is 53.0 Å². The second kappa shape index (κ2) is 8.32. The Bertz CT molecular complexity index is 1000. The number of likely N-dealkylation sites (tertiary alicyclic amines) is 1. The van der Waals surface area contributed by atoms with Gasteiger partial charge in [-0.3, -0.25) is 14.3 Å². The van der Waals surface area contributed by atoms with Gasteiger partial charge < -0.3 is 10.6 Å². The van der Waals surface area contributed by atoms with Crippen molar-refractivity contribution >= 4 is 43.5 Å². The van der Waals surface area contributed by atoms with Crippen LogP contribution in [0.25, 0.3) is 0 Å². The molecule has 1 fully saturated rings. The average Bonchev–Trinajstić information content (AvgIpc) is 2.68. The van der Waals surface area contributed by atoms with Crippen molar-refractivity contribution in [2.45, 2.75) is 17.7 Å². The highest BCUT2D eigenvalue weighted by atomic mass is 79.9. The SMILES string of the molecule is NC(=O)C1CCN(C(=O)c2ccccc2NS(=O)(=O)c2ccccc2Br)CC1. The van der Waals surface area contributed by atoms with E-state index in [2.05, 4.69) is 20.7 Å². The Kier molecular flexibility index (Phi) is 6.04. The molecule has 2 aromatic rings. The van der Waals surface area contributed by atoms with Crippen molar-refractivity contribution in [3.63, 3.8) is 0 Å². The lowest BCUT2D eigenvalue weighted by Gasteiger charge is -2.31. The minimum atomic E-state index is -3.88. The van der Waals surface area contributed by atoms with Crippen LogP contribution in [-0.4, -0.2) is 38.2 Å². The minimum absolute atomic E-state index is 0.0829. The fraction of sp³-hybridized carbons (Fsp3) is 0.263. The van der Waals surface area contributed by atoms with Crippen LogP contribution in [0.2, 0.25) is 0 Å². The number of rotatable bonds is 5. The van der Waals surface area contributed by atoms with Gasteiger partial charge in [-0.25, -0.2) is 8.42 Å². The number of nitrogens with one attached hydrogen (secondary N) is 1. The molecule has 2 aromatic carbocycles. The topological polar surface area (TPSA) is 110 Å². The van der Waals surface area contributed by atoms with Crippen molar-refractivity contribution in [3.05, 3.63) is 58.6 Å². The molecule has 28 heavy (non-hydrogen) atoms. The zero-order valence-electron chi connectivity index (χ0n) is 15.0. The van der Waals surface area contributed by atoms with E-state index in [1.165, 1.54) is 6.07 Å². The highest BCUT2D eigenvalue weighted by Gasteiger charge is 2.28. The van der Waals surface area contributed by atoms with Gasteiger partial charge in [0.1, 0.15) is 4.90 Å². The molecule has 1 saturated heterocycles. The van der Waals surface area contributed by atoms with Crippen LogP contribution in [0.15, 0.2) is 57.9 Å². The van der Waals surface area contributed by atoms with E-state index in [4.69, 9.17) is 5.73 Å². The maximum Gasteiger partial charge on any atom is 0.263 e. The van der Waals surface area contributed by atoms with E-state index in [0.717, 1.165) is 0 Å². The fourth-order valence-corrected chi connectivity index (χ4v) is 5.24. The molecule has 0 aliphatic carbocycles. The third kappa shape index (κ3) is 4.36. The van der Waals surface area contributed by atoms with E-state index in [1.54, 1.807) is 47.4 Å². The first-order valence-corrected chi connectivity index (χ1v) is 11.0. The second-order valence-electron chi connectivity index (χ2n) is 6.55. The van der Waals surface area contributed by atoms with Gasteiger partial charge in [-0.2, -0.15) is 0 Å². The summed E-state index contributed by atoms with van der Waals surface area (Å²) >= 11 is 3.24. The number of carbonyl (C=O) groups is 2. The molecule has 1 aliphatic rings. The van der Waals surface area contributed by atoms with E-state index < -0.39 is 10.0 Å². The van der Waals surface area contributed by atoms with Crippen LogP contribution in [-0.2, 0) is 14.8 Å². The monoisotopic (exact) mass is 465 g/mol. The lowest BCUT2D eigenvalue weighted by atomic mass is 9.96. The number of para-hydroxylation sites is 1. The number of piperidine rings is 1. The molecule has 0 atom stereocenters. The van der Waals surface area contributed by atoms with Gasteiger partial charge in [-0.15, -0.1) is 0 Å². The van der Waals surface area contributed by atoms with Gasteiger partial charge in [0.25, 0.3) is 15.9 Å². The number of amides is 2. The van der Waals surface area contributed by atoms with Crippen molar-refractivity contribution < 1.29 is 18.0 Å². The summed E-state index contributed by atoms with van der Waals surface area (Å²) in [5.74, 6) is -0.865. The van der Waals surface area contributed by atoms with Crippen molar-refractivity contribution in [3.8, 4) is 0 Å². The van der Waals surface area contributed by atoms with Gasteiger partial charge in [-0.1, -0.05) is 24.3 Å². The number of anilines is 1. The molecule has 0 saturated carbocycles. The number of carbonyl (C=O) groups excluding carboxylic acids is 2. The van der Waals surface area contributed by atoms with Crippen LogP contribution in [0.4, 0.5) is 5.69 Å². The predicted octanol–water partition coefficient (Wildman–Crippen LogP) is 2.59. The van der Waals surface area contributed by atoms with Crippen molar-refractivity contribution in [1.29, 1.82) is 0 Å². The molecule has 0 radical (unpaired) electrons. The number of hydrogen-bond acceptors (Lipinski definition) is 4. The number of nitrogens with two attached hydrogens (primary N) is 1. The number of primary amides is 1. The van der Waals surface area contributed by atoms with Crippen molar-refractivity contribution in [1.82, 2.24) is 4.90 Å². The molecule has 1 heterocycles. The smallest absolute Gasteiger partial charge is 0.263 e. The largest absolute Gasteiger partial charge is 0.369 e. The van der Waals surface area contributed by atoms with E-state index >= 15 is 0 Å². The molecule has 148 valence electrons. The van der Waals surface area contributed by atoms with Gasteiger partial charge >= 0.3 is 0 Å². The van der Waals surface area contributed by atoms with E-state index in [0.29, 0.717) is 30.4 Å². The quantitative estimate of drug-likeness (QED) is 0.706. The first-order chi connectivity index (χ1) is 13.3. The maximum absolute atomic E-state index is 13.0. The molecule has 2 amide bonds. The summed E-state index contributed by atoms with van der Waals surface area (Å²) in [6, 6.07) is 12.9. The molecule has 9 heteroatoms. The van der Waals surface area contributed by atoms with E-state index in [9.17, 15) is 18.0 Å². The molecular formula is C19H20BrN3O4S. The zero-order valence-corrected chi connectivity index (χ0v) is 17.4. The Morgan fingerprint density at radius 2 is 1.64 bits per heavy atom. The molecule has 7 nitrogen and oxygen atoms in total. The first-order valence-electron chi connectivity index (χ1n) is 8.74. The average molecular weight is 466 g/mol. The molecule has 0 bridgehead atoms. The summed E-state index contributed by atoms with van der Waals surface area (Å²) in [5.41, 5.74) is 5.81. The number of hydrogen-bond donors (Lipinski definition) is 2. The van der Waals surface area contributed by atoms with Gasteiger partial charge in [0, 0.05) is 23.5 Å². The number of halogens is 1. The molecule has 0 aromatic heterocycles. The normalized spacial score (nSPS) is 15.2. The molecular weight excluding hydrogens is 446 g/mol. The number of sulfonamides is 1. The maximum atomic E-state index is 13.0. The summed E-state index contributed by atoms with van der Waals surface area (Å²) < 4.78 is 28.5. The minimum Gasteiger partial charge on any atom is -0.369 e. The Morgan fingerprint density at radius 1 is 1.04 bits per heavy atom. The van der Waals surface area contributed by atoms with Gasteiger partial charge in [0.05, 0.1) is 11.3 Å². The molecule has 3 N–H and O–H groups in total. The Morgan fingerprint density at radius 3 is 2.29 bits per heavy atom. The molecule has 0 spiro atoms. The summed E-state index contributed by atoms with van der Waals surface area (Å²) in [5, 5.41) is 0. The Hall–Kier alpha value is -2.39. The Balaban J connectivity index is 1.83. The number of benzene rings is 2. The third-order valence-corrected chi connectivity index (χ3v) is 7.09. The van der Waals surface area contributed by atoms with E-state index in [1.807, 2.05) is 0 Å². The summed E-state index contributed by atoms with van der Waals surface area (Å²) in [6.45, 7) is 0.801. The van der Waals surface area contributed by atoms with Crippen LogP contribution in [0.5, 0.6) is 0 Å². The summed E-state index contributed by atoms with van der Waals surface area (Å²) in [4.78, 5) is 26.0. The Labute approximate surface area is 172 Å². The predicted molar refractivity (Wildman–Crippen MR) is 109 cm³/mol. The van der Waals surface area contributed by atoms with Crippen molar-refractivity contribution in [2.24, 2.45) is 11.7 Å². The fourth-order valence-electron chi connectivity index (χ4n) is 3.16. The van der Waals surface area contributed by atoms with Crippen LogP contribution in [0.3, 0.4) is 0 Å². The van der Waals surface area contributed by atoms with Gasteiger partial charge in [0.2, 0.25) is 5.91 Å². The van der Waals surface area contributed by atoms with Crippen molar-refractivity contribution in [2.75, 3.05) is 17.8 Å².